The van der Waals surface area contributed by atoms with Gasteiger partial charge < -0.3 is 10.1 Å². The minimum Gasteiger partial charge on any atom is -0.497 e. The Balaban J connectivity index is 1.35. The molecule has 186 valence electrons. The second kappa shape index (κ2) is 11.2. The van der Waals surface area contributed by atoms with Crippen molar-refractivity contribution >= 4 is 0 Å². The molecule has 0 aliphatic heterocycles. The minimum absolute atomic E-state index is 0.515. The zero-order valence-electron chi connectivity index (χ0n) is 21.9. The molecule has 5 rings (SSSR count). The standard InChI is InChI=1S/C33H43NO/c1-4-23(2)26-11-13-27(14-12-26)31-17-15-29-21-30(35-3)16-18-32(29)33(31)28-9-7-24(8-10-28)19-20-34-22-25-5-6-25/h7-9,11-14,16,18,21,23,25,28,31,33-34H,4-6,10,15,17,19-20,22H2,1-3H3/t23?,28?,31-,33+/m1/s1. The molecule has 0 heterocycles. The van der Waals surface area contributed by atoms with Gasteiger partial charge in [0.15, 0.2) is 0 Å². The van der Waals surface area contributed by atoms with E-state index < -0.39 is 0 Å². The molecule has 3 aliphatic carbocycles. The maximum absolute atomic E-state index is 5.57. The third-order valence-electron chi connectivity index (χ3n) is 8.80. The Morgan fingerprint density at radius 1 is 1.06 bits per heavy atom. The van der Waals surface area contributed by atoms with Crippen LogP contribution in [0.1, 0.15) is 92.4 Å². The average molecular weight is 470 g/mol. The van der Waals surface area contributed by atoms with Crippen molar-refractivity contribution in [2.45, 2.75) is 76.5 Å². The van der Waals surface area contributed by atoms with E-state index in [1.54, 1.807) is 7.11 Å². The predicted octanol–water partition coefficient (Wildman–Crippen LogP) is 7.91. The Morgan fingerprint density at radius 2 is 1.89 bits per heavy atom. The first-order valence-electron chi connectivity index (χ1n) is 14.0. The fourth-order valence-corrected chi connectivity index (χ4v) is 6.16. The van der Waals surface area contributed by atoms with Gasteiger partial charge in [0.1, 0.15) is 5.75 Å². The van der Waals surface area contributed by atoms with Gasteiger partial charge in [-0.15, -0.1) is 0 Å². The highest BCUT2D eigenvalue weighted by atomic mass is 16.5. The lowest BCUT2D eigenvalue weighted by Crippen LogP contribution is -2.26. The first-order chi connectivity index (χ1) is 17.2. The minimum atomic E-state index is 0.515. The molecule has 2 aromatic rings. The van der Waals surface area contributed by atoms with E-state index in [4.69, 9.17) is 4.74 Å². The quantitative estimate of drug-likeness (QED) is 0.357. The first-order valence-corrected chi connectivity index (χ1v) is 14.0. The maximum Gasteiger partial charge on any atom is 0.119 e. The van der Waals surface area contributed by atoms with Gasteiger partial charge in [0, 0.05) is 0 Å². The summed E-state index contributed by atoms with van der Waals surface area (Å²) in [4.78, 5) is 0. The molecule has 0 bridgehead atoms. The molecule has 2 heteroatoms. The molecule has 3 aliphatic rings. The van der Waals surface area contributed by atoms with Gasteiger partial charge >= 0.3 is 0 Å². The summed E-state index contributed by atoms with van der Waals surface area (Å²) in [5.41, 5.74) is 7.50. The van der Waals surface area contributed by atoms with Gasteiger partial charge in [0.05, 0.1) is 7.11 Å². The Labute approximate surface area is 212 Å². The van der Waals surface area contributed by atoms with Crippen LogP contribution in [0.25, 0.3) is 0 Å². The van der Waals surface area contributed by atoms with E-state index in [0.29, 0.717) is 23.7 Å². The highest BCUT2D eigenvalue weighted by molar-refractivity contribution is 5.44. The molecule has 1 saturated carbocycles. The number of benzene rings is 2. The molecular weight excluding hydrogens is 426 g/mol. The van der Waals surface area contributed by atoms with Crippen LogP contribution in [0.15, 0.2) is 66.3 Å². The Morgan fingerprint density at radius 3 is 2.57 bits per heavy atom. The van der Waals surface area contributed by atoms with Crippen molar-refractivity contribution in [2.24, 2.45) is 11.8 Å². The summed E-state index contributed by atoms with van der Waals surface area (Å²) >= 11 is 0. The fourth-order valence-electron chi connectivity index (χ4n) is 6.16. The van der Waals surface area contributed by atoms with Crippen molar-refractivity contribution < 1.29 is 4.74 Å². The number of fused-ring (bicyclic) bond motifs is 1. The highest BCUT2D eigenvalue weighted by Gasteiger charge is 2.35. The lowest BCUT2D eigenvalue weighted by atomic mass is 9.65. The lowest BCUT2D eigenvalue weighted by molar-refractivity contribution is 0.381. The van der Waals surface area contributed by atoms with Crippen LogP contribution in [0.3, 0.4) is 0 Å². The smallest absolute Gasteiger partial charge is 0.119 e. The Kier molecular flexibility index (Phi) is 7.78. The zero-order chi connectivity index (χ0) is 24.2. The second-order valence-corrected chi connectivity index (χ2v) is 11.1. The average Bonchev–Trinajstić information content (AvgIpc) is 3.75. The van der Waals surface area contributed by atoms with Gasteiger partial charge in [0.25, 0.3) is 0 Å². The summed E-state index contributed by atoms with van der Waals surface area (Å²) in [6, 6.07) is 16.4. The number of ether oxygens (including phenoxy) is 1. The zero-order valence-corrected chi connectivity index (χ0v) is 21.9. The van der Waals surface area contributed by atoms with Crippen LogP contribution in [-0.4, -0.2) is 20.2 Å². The monoisotopic (exact) mass is 469 g/mol. The van der Waals surface area contributed by atoms with Crippen molar-refractivity contribution in [2.75, 3.05) is 20.2 Å². The molecule has 0 radical (unpaired) electrons. The molecule has 2 unspecified atom stereocenters. The van der Waals surface area contributed by atoms with Crippen molar-refractivity contribution in [1.82, 2.24) is 5.32 Å². The van der Waals surface area contributed by atoms with Gasteiger partial charge in [-0.3, -0.25) is 0 Å². The molecule has 0 amide bonds. The molecule has 2 nitrogen and oxygen atoms in total. The number of nitrogens with one attached hydrogen (secondary N) is 1. The van der Waals surface area contributed by atoms with Gasteiger partial charge in [-0.25, -0.2) is 0 Å². The van der Waals surface area contributed by atoms with Crippen LogP contribution < -0.4 is 10.1 Å². The van der Waals surface area contributed by atoms with E-state index in [1.165, 1.54) is 60.1 Å². The Hall–Kier alpha value is -2.32. The van der Waals surface area contributed by atoms with E-state index in [2.05, 4.69) is 79.9 Å². The Bertz CT molecular complexity index is 1050. The summed E-state index contributed by atoms with van der Waals surface area (Å²) in [5, 5.41) is 3.65. The normalized spacial score (nSPS) is 24.5. The molecule has 4 atom stereocenters. The van der Waals surface area contributed by atoms with Crippen molar-refractivity contribution in [1.29, 1.82) is 0 Å². The van der Waals surface area contributed by atoms with Crippen molar-refractivity contribution in [3.05, 3.63) is 88.5 Å². The number of methoxy groups -OCH3 is 1. The third-order valence-corrected chi connectivity index (χ3v) is 8.80. The van der Waals surface area contributed by atoms with E-state index >= 15 is 0 Å². The summed E-state index contributed by atoms with van der Waals surface area (Å²) in [6.45, 7) is 6.93. The van der Waals surface area contributed by atoms with Crippen LogP contribution in [-0.2, 0) is 6.42 Å². The fraction of sp³-hybridized carbons (Fsp3) is 0.515. The van der Waals surface area contributed by atoms with Crippen molar-refractivity contribution in [3.63, 3.8) is 0 Å². The SMILES string of the molecule is CCC(C)c1ccc([C@H]2CCc3cc(OC)ccc3[C@H]2C2C=CC(CCNCC3CC3)=CC2)cc1. The van der Waals surface area contributed by atoms with Gasteiger partial charge in [-0.1, -0.05) is 68.0 Å². The maximum atomic E-state index is 5.57. The second-order valence-electron chi connectivity index (χ2n) is 11.1. The van der Waals surface area contributed by atoms with Crippen LogP contribution in [0, 0.1) is 11.8 Å². The number of rotatable bonds is 10. The van der Waals surface area contributed by atoms with E-state index in [0.717, 1.165) is 37.5 Å². The molecule has 1 fully saturated rings. The number of hydrogen-bond acceptors (Lipinski definition) is 2. The van der Waals surface area contributed by atoms with Crippen LogP contribution >= 0.6 is 0 Å². The summed E-state index contributed by atoms with van der Waals surface area (Å²) in [6.07, 6.45) is 16.1. The van der Waals surface area contributed by atoms with Gasteiger partial charge in [-0.2, -0.15) is 0 Å². The molecular formula is C33H43NO. The molecule has 0 saturated heterocycles. The number of aryl methyl sites for hydroxylation is 1. The van der Waals surface area contributed by atoms with Crippen LogP contribution in [0.5, 0.6) is 5.75 Å². The van der Waals surface area contributed by atoms with Gasteiger partial charge in [0.2, 0.25) is 0 Å². The summed E-state index contributed by atoms with van der Waals surface area (Å²) in [7, 11) is 1.78. The first kappa shape index (κ1) is 24.4. The number of allylic oxidation sites excluding steroid dienone is 3. The molecule has 0 aromatic heterocycles. The highest BCUT2D eigenvalue weighted by Crippen LogP contribution is 2.49. The van der Waals surface area contributed by atoms with E-state index in [9.17, 15) is 0 Å². The largest absolute Gasteiger partial charge is 0.497 e. The number of hydrogen-bond donors (Lipinski definition) is 1. The topological polar surface area (TPSA) is 21.3 Å². The van der Waals surface area contributed by atoms with Gasteiger partial charge in [-0.05, 0) is 122 Å². The van der Waals surface area contributed by atoms with Crippen LogP contribution in [0.4, 0.5) is 0 Å². The van der Waals surface area contributed by atoms with E-state index in [1.807, 2.05) is 0 Å². The third kappa shape index (κ3) is 5.75. The lowest BCUT2D eigenvalue weighted by Gasteiger charge is -2.39. The van der Waals surface area contributed by atoms with E-state index in [-0.39, 0.29) is 0 Å². The molecule has 35 heavy (non-hydrogen) atoms. The molecule has 0 spiro atoms. The summed E-state index contributed by atoms with van der Waals surface area (Å²) in [5.74, 6) is 4.19. The molecule has 1 N–H and O–H groups in total. The van der Waals surface area contributed by atoms with Crippen LogP contribution in [0.2, 0.25) is 0 Å². The molecule has 2 aromatic carbocycles. The predicted molar refractivity (Wildman–Crippen MR) is 147 cm³/mol. The summed E-state index contributed by atoms with van der Waals surface area (Å²) < 4.78 is 5.57. The van der Waals surface area contributed by atoms with Crippen molar-refractivity contribution in [3.8, 4) is 5.75 Å².